The molecule has 4 rings (SSSR count). The fourth-order valence-corrected chi connectivity index (χ4v) is 4.32. The maximum absolute atomic E-state index is 12.8. The van der Waals surface area contributed by atoms with Gasteiger partial charge >= 0.3 is 6.09 Å². The van der Waals surface area contributed by atoms with Crippen molar-refractivity contribution in [2.45, 2.75) is 51.6 Å². The molecule has 1 aliphatic heterocycles. The van der Waals surface area contributed by atoms with Gasteiger partial charge in [0, 0.05) is 25.1 Å². The fraction of sp³-hybridized carbons (Fsp3) is 0.423. The van der Waals surface area contributed by atoms with Crippen LogP contribution < -0.4 is 21.1 Å². The second kappa shape index (κ2) is 11.0. The predicted molar refractivity (Wildman–Crippen MR) is 138 cm³/mol. The molecule has 12 heteroatoms. The second-order valence-corrected chi connectivity index (χ2v) is 10.1. The molecule has 0 saturated carbocycles. The van der Waals surface area contributed by atoms with E-state index in [0.717, 1.165) is 5.56 Å². The molecule has 0 atom stereocenters. The van der Waals surface area contributed by atoms with Crippen LogP contribution in [-0.2, 0) is 16.0 Å². The molecule has 3 aromatic rings. The summed E-state index contributed by atoms with van der Waals surface area (Å²) in [7, 11) is 1.56. The number of fused-ring (bicyclic) bond motifs is 1. The van der Waals surface area contributed by atoms with E-state index < -0.39 is 17.4 Å². The number of hydrogen-bond acceptors (Lipinski definition) is 7. The molecule has 0 radical (unpaired) electrons. The summed E-state index contributed by atoms with van der Waals surface area (Å²) in [5, 5.41) is 4.33. The summed E-state index contributed by atoms with van der Waals surface area (Å²) in [5.74, 6) is -0.391. The molecule has 0 unspecified atom stereocenters. The molecular formula is C26H32N6O6. The molecule has 3 heterocycles. The van der Waals surface area contributed by atoms with Gasteiger partial charge in [0.1, 0.15) is 22.6 Å². The Morgan fingerprint density at radius 3 is 2.42 bits per heavy atom. The molecule has 38 heavy (non-hydrogen) atoms. The lowest BCUT2D eigenvalue weighted by Crippen LogP contribution is -2.42. The van der Waals surface area contributed by atoms with Gasteiger partial charge in [0.25, 0.3) is 11.5 Å². The van der Waals surface area contributed by atoms with Crippen LogP contribution in [0.2, 0.25) is 0 Å². The third-order valence-corrected chi connectivity index (χ3v) is 6.18. The average Bonchev–Trinajstić information content (AvgIpc) is 3.30. The molecule has 2 aromatic heterocycles. The Labute approximate surface area is 219 Å². The van der Waals surface area contributed by atoms with Gasteiger partial charge < -0.3 is 19.4 Å². The van der Waals surface area contributed by atoms with Crippen molar-refractivity contribution in [2.24, 2.45) is 0 Å². The van der Waals surface area contributed by atoms with Crippen molar-refractivity contribution in [1.82, 2.24) is 30.3 Å². The normalized spacial score (nSPS) is 14.3. The smallest absolute Gasteiger partial charge is 0.410 e. The number of hydrogen-bond donors (Lipinski definition) is 3. The Bertz CT molecular complexity index is 1380. The molecule has 3 amide bonds. The van der Waals surface area contributed by atoms with Gasteiger partial charge in [0.15, 0.2) is 0 Å². The first-order valence-electron chi connectivity index (χ1n) is 12.3. The minimum atomic E-state index is -0.615. The number of amides is 3. The van der Waals surface area contributed by atoms with Crippen molar-refractivity contribution in [1.29, 1.82) is 0 Å². The van der Waals surface area contributed by atoms with E-state index >= 15 is 0 Å². The average molecular weight is 525 g/mol. The van der Waals surface area contributed by atoms with Gasteiger partial charge in [-0.1, -0.05) is 12.1 Å². The summed E-state index contributed by atoms with van der Waals surface area (Å²) >= 11 is 0. The third kappa shape index (κ3) is 6.31. The number of carbonyl (C=O) groups excluding carboxylic acids is 3. The molecule has 1 aromatic carbocycles. The maximum atomic E-state index is 12.8. The van der Waals surface area contributed by atoms with Crippen LogP contribution in [0.5, 0.6) is 5.75 Å². The van der Waals surface area contributed by atoms with Crippen LogP contribution >= 0.6 is 0 Å². The number of ether oxygens (including phenoxy) is 2. The highest BCUT2D eigenvalue weighted by molar-refractivity contribution is 6.00. The summed E-state index contributed by atoms with van der Waals surface area (Å²) in [6, 6.07) is 8.47. The van der Waals surface area contributed by atoms with Crippen molar-refractivity contribution in [3.8, 4) is 5.75 Å². The molecular weight excluding hydrogens is 492 g/mol. The number of piperidine rings is 1. The van der Waals surface area contributed by atoms with Crippen molar-refractivity contribution < 1.29 is 23.9 Å². The number of rotatable bonds is 5. The van der Waals surface area contributed by atoms with Gasteiger partial charge in [-0.2, -0.15) is 5.10 Å². The molecule has 0 spiro atoms. The van der Waals surface area contributed by atoms with Crippen LogP contribution in [0.4, 0.5) is 4.79 Å². The summed E-state index contributed by atoms with van der Waals surface area (Å²) in [5.41, 5.74) is 5.55. The van der Waals surface area contributed by atoms with Gasteiger partial charge in [0.05, 0.1) is 25.4 Å². The molecule has 0 bridgehead atoms. The number of benzene rings is 1. The van der Waals surface area contributed by atoms with E-state index in [0.29, 0.717) is 37.4 Å². The van der Waals surface area contributed by atoms with Crippen LogP contribution in [0.3, 0.4) is 0 Å². The van der Waals surface area contributed by atoms with Crippen molar-refractivity contribution in [3.63, 3.8) is 0 Å². The van der Waals surface area contributed by atoms with E-state index in [9.17, 15) is 19.2 Å². The van der Waals surface area contributed by atoms with Crippen LogP contribution in [-0.4, -0.2) is 63.2 Å². The molecule has 1 saturated heterocycles. The number of aromatic nitrogens is 3. The largest absolute Gasteiger partial charge is 0.497 e. The molecule has 202 valence electrons. The first-order valence-corrected chi connectivity index (χ1v) is 12.3. The van der Waals surface area contributed by atoms with Gasteiger partial charge in [-0.05, 0) is 51.3 Å². The van der Waals surface area contributed by atoms with Gasteiger partial charge in [-0.3, -0.25) is 25.2 Å². The Kier molecular flexibility index (Phi) is 7.70. The molecule has 3 N–H and O–H groups in total. The van der Waals surface area contributed by atoms with Crippen molar-refractivity contribution >= 4 is 23.6 Å². The number of aromatic amines is 1. The van der Waals surface area contributed by atoms with Crippen LogP contribution in [0, 0.1) is 0 Å². The molecule has 12 nitrogen and oxygen atoms in total. The van der Waals surface area contributed by atoms with E-state index in [1.165, 1.54) is 16.8 Å². The van der Waals surface area contributed by atoms with E-state index in [-0.39, 0.29) is 35.2 Å². The second-order valence-electron chi connectivity index (χ2n) is 10.1. The van der Waals surface area contributed by atoms with E-state index in [1.54, 1.807) is 36.3 Å². The van der Waals surface area contributed by atoms with Crippen molar-refractivity contribution in [3.05, 3.63) is 63.7 Å². The van der Waals surface area contributed by atoms with E-state index in [2.05, 4.69) is 20.9 Å². The van der Waals surface area contributed by atoms with Crippen molar-refractivity contribution in [2.75, 3.05) is 20.2 Å². The molecule has 1 aliphatic rings. The number of hydrazine groups is 1. The lowest BCUT2D eigenvalue weighted by Gasteiger charge is -2.33. The number of carbonyl (C=O) groups is 3. The predicted octanol–water partition coefficient (Wildman–Crippen LogP) is 2.15. The number of methoxy groups -OCH3 is 1. The summed E-state index contributed by atoms with van der Waals surface area (Å²) in [4.78, 5) is 54.3. The third-order valence-electron chi connectivity index (χ3n) is 6.18. The first kappa shape index (κ1) is 26.7. The Morgan fingerprint density at radius 2 is 1.79 bits per heavy atom. The molecule has 0 aliphatic carbocycles. The lowest BCUT2D eigenvalue weighted by atomic mass is 9.93. The SMILES string of the molecule is COc1ccc(CC(=O)NNC(=O)c2cnn3c(C4CCN(C(=O)OC(C)(C)C)CC4)cc(=O)[nH]c23)cc1. The lowest BCUT2D eigenvalue weighted by molar-refractivity contribution is -0.121. The van der Waals surface area contributed by atoms with Gasteiger partial charge in [-0.25, -0.2) is 9.31 Å². The standard InChI is InChI=1S/C26H32N6O6/c1-26(2,3)38-25(36)31-11-9-17(10-12-31)20-14-21(33)28-23-19(15-27-32(20)23)24(35)30-29-22(34)13-16-5-7-18(37-4)8-6-16/h5-8,14-15,17H,9-13H2,1-4H3,(H,28,33)(H,29,34)(H,30,35). The Balaban J connectivity index is 1.41. The summed E-state index contributed by atoms with van der Waals surface area (Å²) in [6.45, 7) is 6.42. The van der Waals surface area contributed by atoms with Gasteiger partial charge in [-0.15, -0.1) is 0 Å². The topological polar surface area (TPSA) is 147 Å². The van der Waals surface area contributed by atoms with E-state index in [1.807, 2.05) is 20.8 Å². The monoisotopic (exact) mass is 524 g/mol. The number of nitrogens with zero attached hydrogens (tertiary/aromatic N) is 3. The minimum absolute atomic E-state index is 0.0431. The van der Waals surface area contributed by atoms with Crippen LogP contribution in [0.15, 0.2) is 41.3 Å². The van der Waals surface area contributed by atoms with Gasteiger partial charge in [0.2, 0.25) is 5.91 Å². The number of nitrogens with one attached hydrogen (secondary N) is 3. The zero-order valence-electron chi connectivity index (χ0n) is 21.9. The number of H-pyrrole nitrogens is 1. The zero-order valence-corrected chi connectivity index (χ0v) is 21.9. The Morgan fingerprint density at radius 1 is 1.11 bits per heavy atom. The fourth-order valence-electron chi connectivity index (χ4n) is 4.32. The van der Waals surface area contributed by atoms with E-state index in [4.69, 9.17) is 9.47 Å². The number of likely N-dealkylation sites (tertiary alicyclic amines) is 1. The van der Waals surface area contributed by atoms with Crippen LogP contribution in [0.1, 0.15) is 61.1 Å². The summed E-state index contributed by atoms with van der Waals surface area (Å²) < 4.78 is 12.1. The zero-order chi connectivity index (χ0) is 27.4. The Hall–Kier alpha value is -4.35. The summed E-state index contributed by atoms with van der Waals surface area (Å²) in [6.07, 6.45) is 2.26. The maximum Gasteiger partial charge on any atom is 0.410 e. The highest BCUT2D eigenvalue weighted by Crippen LogP contribution is 2.28. The highest BCUT2D eigenvalue weighted by atomic mass is 16.6. The van der Waals surface area contributed by atoms with Crippen LogP contribution in [0.25, 0.3) is 5.65 Å². The first-order chi connectivity index (χ1) is 18.0. The molecule has 1 fully saturated rings. The quantitative estimate of drug-likeness (QED) is 0.433. The minimum Gasteiger partial charge on any atom is -0.497 e. The highest BCUT2D eigenvalue weighted by Gasteiger charge is 2.29.